The number of benzene rings is 1. The van der Waals surface area contributed by atoms with E-state index in [1.54, 1.807) is 0 Å². The van der Waals surface area contributed by atoms with Crippen molar-refractivity contribution in [1.29, 1.82) is 5.26 Å². The first-order valence-corrected chi connectivity index (χ1v) is 11.7. The predicted molar refractivity (Wildman–Crippen MR) is 126 cm³/mol. The van der Waals surface area contributed by atoms with Crippen LogP contribution in [-0.2, 0) is 16.6 Å². The number of nitrogens with zero attached hydrogens (tertiary/aromatic N) is 4. The summed E-state index contributed by atoms with van der Waals surface area (Å²) in [5, 5.41) is 12.6. The predicted octanol–water partition coefficient (Wildman–Crippen LogP) is 4.41. The molecule has 2 heterocycles. The fourth-order valence-corrected chi connectivity index (χ4v) is 5.18. The van der Waals surface area contributed by atoms with Gasteiger partial charge in [0.15, 0.2) is 5.69 Å². The lowest BCUT2D eigenvalue weighted by Crippen LogP contribution is -2.54. The SMILES string of the molecule is Cc1nc(N2CCC3(CC2)c2ccccc2C[C@H]3NC(=O)OC(C)(C)C)nc(C#N)c1Br. The first-order chi connectivity index (χ1) is 15.1. The number of aromatic nitrogens is 2. The number of ether oxygens (including phenoxy) is 1. The molecule has 2 aliphatic rings. The zero-order chi connectivity index (χ0) is 23.1. The molecule has 0 bridgehead atoms. The molecule has 0 radical (unpaired) electrons. The van der Waals surface area contributed by atoms with E-state index in [0.29, 0.717) is 16.1 Å². The Balaban J connectivity index is 1.58. The van der Waals surface area contributed by atoms with Gasteiger partial charge in [-0.05, 0) is 74.0 Å². The van der Waals surface area contributed by atoms with E-state index in [0.717, 1.165) is 38.0 Å². The third kappa shape index (κ3) is 4.18. The second kappa shape index (κ2) is 8.36. The first-order valence-electron chi connectivity index (χ1n) is 10.9. The zero-order valence-corrected chi connectivity index (χ0v) is 20.5. The normalized spacial score (nSPS) is 19.4. The molecule has 1 aromatic heterocycles. The molecule has 168 valence electrons. The Kier molecular flexibility index (Phi) is 5.89. The number of alkyl carbamates (subject to hydrolysis) is 1. The molecule has 1 N–H and O–H groups in total. The van der Waals surface area contributed by atoms with Crippen molar-refractivity contribution in [2.75, 3.05) is 18.0 Å². The third-order valence-corrected chi connectivity index (χ3v) is 7.33. The number of rotatable bonds is 2. The minimum absolute atomic E-state index is 0.0286. The van der Waals surface area contributed by atoms with E-state index in [-0.39, 0.29) is 17.6 Å². The summed E-state index contributed by atoms with van der Waals surface area (Å²) in [4.78, 5) is 23.8. The van der Waals surface area contributed by atoms with Crippen LogP contribution in [0.1, 0.15) is 56.1 Å². The molecule has 2 aromatic rings. The summed E-state index contributed by atoms with van der Waals surface area (Å²) in [7, 11) is 0. The van der Waals surface area contributed by atoms with Gasteiger partial charge in [-0.3, -0.25) is 0 Å². The van der Waals surface area contributed by atoms with Crippen LogP contribution in [0.5, 0.6) is 0 Å². The monoisotopic (exact) mass is 497 g/mol. The van der Waals surface area contributed by atoms with Crippen molar-refractivity contribution in [3.05, 3.63) is 51.3 Å². The van der Waals surface area contributed by atoms with Crippen LogP contribution < -0.4 is 10.2 Å². The lowest BCUT2D eigenvalue weighted by molar-refractivity contribution is 0.0473. The molecule has 1 spiro atoms. The average Bonchev–Trinajstić information content (AvgIpc) is 3.02. The number of anilines is 1. The molecule has 4 rings (SSSR count). The van der Waals surface area contributed by atoms with Crippen molar-refractivity contribution in [3.63, 3.8) is 0 Å². The number of aryl methyl sites for hydroxylation is 1. The molecule has 0 unspecified atom stereocenters. The van der Waals surface area contributed by atoms with E-state index in [1.165, 1.54) is 11.1 Å². The molecule has 1 aliphatic carbocycles. The van der Waals surface area contributed by atoms with E-state index in [9.17, 15) is 10.1 Å². The van der Waals surface area contributed by atoms with Gasteiger partial charge in [0.2, 0.25) is 5.95 Å². The van der Waals surface area contributed by atoms with E-state index in [2.05, 4.69) is 66.4 Å². The molecule has 1 fully saturated rings. The first kappa shape index (κ1) is 22.5. The van der Waals surface area contributed by atoms with Crippen LogP contribution in [0.4, 0.5) is 10.7 Å². The van der Waals surface area contributed by atoms with Gasteiger partial charge in [0.1, 0.15) is 11.7 Å². The quantitative estimate of drug-likeness (QED) is 0.660. The lowest BCUT2D eigenvalue weighted by Gasteiger charge is -2.44. The number of hydrogen-bond acceptors (Lipinski definition) is 6. The van der Waals surface area contributed by atoms with Gasteiger partial charge in [0, 0.05) is 24.5 Å². The molecular formula is C24H28BrN5O2. The summed E-state index contributed by atoms with van der Waals surface area (Å²) in [5.41, 5.74) is 3.00. The minimum atomic E-state index is -0.540. The number of hydrogen-bond donors (Lipinski definition) is 1. The van der Waals surface area contributed by atoms with Crippen molar-refractivity contribution in [1.82, 2.24) is 15.3 Å². The topological polar surface area (TPSA) is 91.1 Å². The Bertz CT molecular complexity index is 1080. The number of amides is 1. The van der Waals surface area contributed by atoms with Crippen LogP contribution in [0.2, 0.25) is 0 Å². The molecular weight excluding hydrogens is 470 g/mol. The van der Waals surface area contributed by atoms with Gasteiger partial charge in [0.05, 0.1) is 10.2 Å². The number of piperidine rings is 1. The standard InChI is InChI=1S/C24H28BrN5O2/c1-15-20(25)18(14-26)28-21(27-15)30-11-9-24(10-12-30)17-8-6-5-7-16(17)13-19(24)29-22(31)32-23(2,3)4/h5-8,19H,9-13H2,1-4H3,(H,29,31)/t19-/m1/s1. The van der Waals surface area contributed by atoms with Crippen LogP contribution in [-0.4, -0.2) is 40.8 Å². The number of fused-ring (bicyclic) bond motifs is 2. The largest absolute Gasteiger partial charge is 0.444 e. The molecule has 32 heavy (non-hydrogen) atoms. The van der Waals surface area contributed by atoms with Gasteiger partial charge >= 0.3 is 6.09 Å². The average molecular weight is 498 g/mol. The Morgan fingerprint density at radius 1 is 1.28 bits per heavy atom. The molecule has 1 saturated heterocycles. The summed E-state index contributed by atoms with van der Waals surface area (Å²) in [6.07, 6.45) is 2.13. The van der Waals surface area contributed by atoms with Crippen LogP contribution >= 0.6 is 15.9 Å². The zero-order valence-electron chi connectivity index (χ0n) is 18.9. The van der Waals surface area contributed by atoms with Crippen LogP contribution in [0.3, 0.4) is 0 Å². The van der Waals surface area contributed by atoms with Crippen LogP contribution in [0.25, 0.3) is 0 Å². The summed E-state index contributed by atoms with van der Waals surface area (Å²) < 4.78 is 6.20. The lowest BCUT2D eigenvalue weighted by atomic mass is 9.71. The van der Waals surface area contributed by atoms with Gasteiger partial charge in [-0.25, -0.2) is 14.8 Å². The van der Waals surface area contributed by atoms with Gasteiger partial charge in [0.25, 0.3) is 0 Å². The molecule has 1 amide bonds. The maximum Gasteiger partial charge on any atom is 0.407 e. The molecule has 1 atom stereocenters. The van der Waals surface area contributed by atoms with Gasteiger partial charge in [-0.15, -0.1) is 0 Å². The number of carbonyl (C=O) groups is 1. The molecule has 8 heteroatoms. The van der Waals surface area contributed by atoms with Crippen LogP contribution in [0, 0.1) is 18.3 Å². The number of halogens is 1. The number of carbonyl (C=O) groups excluding carboxylic acids is 1. The molecule has 1 aromatic carbocycles. The van der Waals surface area contributed by atoms with Gasteiger partial charge in [-0.1, -0.05) is 24.3 Å². The summed E-state index contributed by atoms with van der Waals surface area (Å²) in [6.45, 7) is 8.98. The highest BCUT2D eigenvalue weighted by Gasteiger charge is 2.49. The maximum atomic E-state index is 12.6. The highest BCUT2D eigenvalue weighted by molar-refractivity contribution is 9.10. The molecule has 1 aliphatic heterocycles. The Morgan fingerprint density at radius 3 is 2.62 bits per heavy atom. The van der Waals surface area contributed by atoms with Crippen molar-refractivity contribution in [3.8, 4) is 6.07 Å². The minimum Gasteiger partial charge on any atom is -0.444 e. The number of nitrogens with one attached hydrogen (secondary N) is 1. The Hall–Kier alpha value is -2.66. The van der Waals surface area contributed by atoms with Crippen molar-refractivity contribution < 1.29 is 9.53 Å². The highest BCUT2D eigenvalue weighted by Crippen LogP contribution is 2.47. The summed E-state index contributed by atoms with van der Waals surface area (Å²) in [5.74, 6) is 0.583. The van der Waals surface area contributed by atoms with Crippen LogP contribution in [0.15, 0.2) is 28.7 Å². The van der Waals surface area contributed by atoms with E-state index in [4.69, 9.17) is 4.74 Å². The summed E-state index contributed by atoms with van der Waals surface area (Å²) in [6, 6.07) is 10.6. The molecule has 0 saturated carbocycles. The third-order valence-electron chi connectivity index (χ3n) is 6.39. The van der Waals surface area contributed by atoms with Gasteiger partial charge < -0.3 is 15.0 Å². The van der Waals surface area contributed by atoms with E-state index in [1.807, 2.05) is 27.7 Å². The smallest absolute Gasteiger partial charge is 0.407 e. The molecule has 7 nitrogen and oxygen atoms in total. The summed E-state index contributed by atoms with van der Waals surface area (Å²) >= 11 is 3.40. The fraction of sp³-hybridized carbons (Fsp3) is 0.500. The maximum absolute atomic E-state index is 12.6. The Labute approximate surface area is 197 Å². The van der Waals surface area contributed by atoms with Gasteiger partial charge in [-0.2, -0.15) is 5.26 Å². The second-order valence-corrected chi connectivity index (χ2v) is 10.4. The van der Waals surface area contributed by atoms with Crippen molar-refractivity contribution in [2.45, 2.75) is 64.0 Å². The fourth-order valence-electron chi connectivity index (χ4n) is 4.91. The van der Waals surface area contributed by atoms with Crippen molar-refractivity contribution in [2.24, 2.45) is 0 Å². The number of nitriles is 1. The van der Waals surface area contributed by atoms with E-state index < -0.39 is 5.60 Å². The van der Waals surface area contributed by atoms with E-state index >= 15 is 0 Å². The van der Waals surface area contributed by atoms with Crippen molar-refractivity contribution >= 4 is 28.0 Å². The second-order valence-electron chi connectivity index (χ2n) is 9.59. The Morgan fingerprint density at radius 2 is 1.97 bits per heavy atom. The highest BCUT2D eigenvalue weighted by atomic mass is 79.9.